The Labute approximate surface area is 173 Å². The van der Waals surface area contributed by atoms with Crippen LogP contribution in [0.2, 0.25) is 5.02 Å². The predicted octanol–water partition coefficient (Wildman–Crippen LogP) is 3.12. The van der Waals surface area contributed by atoms with Gasteiger partial charge in [-0.05, 0) is 31.4 Å². The van der Waals surface area contributed by atoms with E-state index in [0.29, 0.717) is 34.4 Å². The highest BCUT2D eigenvalue weighted by Crippen LogP contribution is 2.52. The van der Waals surface area contributed by atoms with Gasteiger partial charge in [0.25, 0.3) is 5.91 Å². The van der Waals surface area contributed by atoms with E-state index in [4.69, 9.17) is 22.1 Å². The zero-order valence-corrected chi connectivity index (χ0v) is 17.1. The number of hydrogen-bond acceptors (Lipinski definition) is 6. The summed E-state index contributed by atoms with van der Waals surface area (Å²) in [5.41, 5.74) is 6.58. The normalized spacial score (nSPS) is 28.3. The van der Waals surface area contributed by atoms with Gasteiger partial charge in [0.15, 0.2) is 11.5 Å². The first kappa shape index (κ1) is 18.4. The molecule has 150 valence electrons. The third-order valence-corrected chi connectivity index (χ3v) is 6.23. The van der Waals surface area contributed by atoms with E-state index in [1.54, 1.807) is 31.7 Å². The second-order valence-corrected chi connectivity index (χ2v) is 8.96. The molecule has 1 unspecified atom stereocenters. The summed E-state index contributed by atoms with van der Waals surface area (Å²) >= 11 is 6.10. The molecular weight excluding hydrogens is 390 g/mol. The summed E-state index contributed by atoms with van der Waals surface area (Å²) in [4.78, 5) is 28.2. The Hall–Kier alpha value is -2.67. The van der Waals surface area contributed by atoms with E-state index >= 15 is 0 Å². The monoisotopic (exact) mass is 411 g/mol. The molecule has 2 N–H and O–H groups in total. The van der Waals surface area contributed by atoms with Gasteiger partial charge >= 0.3 is 0 Å². The van der Waals surface area contributed by atoms with Gasteiger partial charge in [-0.15, -0.1) is 0 Å². The highest BCUT2D eigenvalue weighted by Gasteiger charge is 2.57. The maximum Gasteiger partial charge on any atom is 0.261 e. The minimum atomic E-state index is -1.10. The average molecular weight is 412 g/mol. The van der Waals surface area contributed by atoms with Crippen molar-refractivity contribution in [3.05, 3.63) is 41.3 Å². The van der Waals surface area contributed by atoms with E-state index in [0.717, 1.165) is 12.0 Å². The molecular formula is C21H22ClN5O2. The van der Waals surface area contributed by atoms with E-state index < -0.39 is 11.1 Å². The van der Waals surface area contributed by atoms with E-state index in [1.807, 2.05) is 6.07 Å². The van der Waals surface area contributed by atoms with Crippen LogP contribution >= 0.6 is 11.6 Å². The van der Waals surface area contributed by atoms with Crippen molar-refractivity contribution in [3.8, 4) is 17.0 Å². The van der Waals surface area contributed by atoms with Crippen LogP contribution in [-0.4, -0.2) is 39.4 Å². The molecule has 4 heterocycles. The number of halogens is 1. The van der Waals surface area contributed by atoms with Gasteiger partial charge in [0, 0.05) is 37.0 Å². The third-order valence-electron chi connectivity index (χ3n) is 6.02. The standard InChI is InChI=1S/C21H22ClN5O2/c1-20(7-12-3-4-12)11-21(18(28)27(2)19(23)26-21)15-6-16(25-10-17(15)29-20)13-5-14(22)9-24-8-13/h5-6,8-10,12H,3-4,7,11H2,1-2H3,(H2,23,26)/t20-,21?/m1/s1. The topological polar surface area (TPSA) is 93.7 Å². The molecule has 2 atom stereocenters. The summed E-state index contributed by atoms with van der Waals surface area (Å²) in [5, 5.41) is 0.518. The van der Waals surface area contributed by atoms with Crippen molar-refractivity contribution < 1.29 is 9.53 Å². The number of pyridine rings is 2. The van der Waals surface area contributed by atoms with Crippen LogP contribution < -0.4 is 10.5 Å². The highest BCUT2D eigenvalue weighted by molar-refractivity contribution is 6.30. The number of carbonyl (C=O) groups excluding carboxylic acids is 1. The zero-order chi connectivity index (χ0) is 20.4. The molecule has 0 saturated heterocycles. The molecule has 0 radical (unpaired) electrons. The third kappa shape index (κ3) is 2.95. The van der Waals surface area contributed by atoms with E-state index in [-0.39, 0.29) is 11.9 Å². The number of fused-ring (bicyclic) bond motifs is 2. The summed E-state index contributed by atoms with van der Waals surface area (Å²) in [7, 11) is 1.66. The molecule has 2 aromatic heterocycles. The minimum Gasteiger partial charge on any atom is -0.485 e. The second-order valence-electron chi connectivity index (χ2n) is 8.53. The fourth-order valence-corrected chi connectivity index (χ4v) is 4.71. The van der Waals surface area contributed by atoms with Gasteiger partial charge in [0.1, 0.15) is 11.4 Å². The number of aliphatic imine (C=N–C) groups is 1. The molecule has 5 rings (SSSR count). The van der Waals surface area contributed by atoms with Crippen LogP contribution in [0.3, 0.4) is 0 Å². The van der Waals surface area contributed by atoms with E-state index in [2.05, 4.69) is 21.9 Å². The first-order valence-corrected chi connectivity index (χ1v) is 10.1. The van der Waals surface area contributed by atoms with Crippen molar-refractivity contribution in [2.24, 2.45) is 16.6 Å². The van der Waals surface area contributed by atoms with Crippen LogP contribution in [0, 0.1) is 5.92 Å². The Morgan fingerprint density at radius 3 is 2.76 bits per heavy atom. The van der Waals surface area contributed by atoms with Crippen molar-refractivity contribution in [1.82, 2.24) is 14.9 Å². The summed E-state index contributed by atoms with van der Waals surface area (Å²) in [6, 6.07) is 3.64. The average Bonchev–Trinajstić information content (AvgIpc) is 3.46. The number of rotatable bonds is 3. The molecule has 2 aliphatic heterocycles. The molecule has 1 saturated carbocycles. The lowest BCUT2D eigenvalue weighted by molar-refractivity contribution is -0.134. The van der Waals surface area contributed by atoms with Crippen LogP contribution in [0.4, 0.5) is 0 Å². The lowest BCUT2D eigenvalue weighted by Gasteiger charge is -2.43. The smallest absolute Gasteiger partial charge is 0.261 e. The fourth-order valence-electron chi connectivity index (χ4n) is 4.53. The molecule has 1 spiro atoms. The van der Waals surface area contributed by atoms with Crippen molar-refractivity contribution in [3.63, 3.8) is 0 Å². The summed E-state index contributed by atoms with van der Waals surface area (Å²) in [6.07, 6.45) is 8.68. The van der Waals surface area contributed by atoms with Crippen LogP contribution in [0.5, 0.6) is 5.75 Å². The first-order valence-electron chi connectivity index (χ1n) is 9.74. The number of carbonyl (C=O) groups is 1. The molecule has 0 aromatic carbocycles. The van der Waals surface area contributed by atoms with Crippen LogP contribution in [0.25, 0.3) is 11.3 Å². The fraction of sp³-hybridized carbons (Fsp3) is 0.429. The van der Waals surface area contributed by atoms with Gasteiger partial charge < -0.3 is 10.5 Å². The largest absolute Gasteiger partial charge is 0.485 e. The van der Waals surface area contributed by atoms with Gasteiger partial charge in [0.05, 0.1) is 16.9 Å². The number of guanidine groups is 1. The van der Waals surface area contributed by atoms with Crippen molar-refractivity contribution >= 4 is 23.5 Å². The number of nitrogens with zero attached hydrogens (tertiary/aromatic N) is 4. The molecule has 0 bridgehead atoms. The Balaban J connectivity index is 1.66. The molecule has 1 amide bonds. The van der Waals surface area contributed by atoms with E-state index in [9.17, 15) is 4.79 Å². The minimum absolute atomic E-state index is 0.136. The number of nitrogens with two attached hydrogens (primary N) is 1. The van der Waals surface area contributed by atoms with E-state index in [1.165, 1.54) is 17.7 Å². The number of ether oxygens (including phenoxy) is 1. The molecule has 1 fully saturated rings. The van der Waals surface area contributed by atoms with Gasteiger partial charge in [-0.2, -0.15) is 0 Å². The SMILES string of the molecule is CN1C(=O)C2(C[C@@](C)(CC3CC3)Oc3cnc(-c4cncc(Cl)c4)cc32)N=C1N. The molecule has 7 nitrogen and oxygen atoms in total. The molecule has 8 heteroatoms. The molecule has 3 aliphatic rings. The van der Waals surface area contributed by atoms with Gasteiger partial charge in [0.2, 0.25) is 0 Å². The molecule has 29 heavy (non-hydrogen) atoms. The van der Waals surface area contributed by atoms with Gasteiger partial charge in [-0.25, -0.2) is 4.99 Å². The summed E-state index contributed by atoms with van der Waals surface area (Å²) in [5.74, 6) is 1.31. The number of amides is 1. The summed E-state index contributed by atoms with van der Waals surface area (Å²) in [6.45, 7) is 2.06. The predicted molar refractivity (Wildman–Crippen MR) is 110 cm³/mol. The van der Waals surface area contributed by atoms with Crippen LogP contribution in [0.1, 0.15) is 38.2 Å². The highest BCUT2D eigenvalue weighted by atomic mass is 35.5. The van der Waals surface area contributed by atoms with Crippen molar-refractivity contribution in [1.29, 1.82) is 0 Å². The summed E-state index contributed by atoms with van der Waals surface area (Å²) < 4.78 is 6.41. The van der Waals surface area contributed by atoms with Crippen LogP contribution in [0.15, 0.2) is 35.7 Å². The zero-order valence-electron chi connectivity index (χ0n) is 16.4. The quantitative estimate of drug-likeness (QED) is 0.837. The lowest BCUT2D eigenvalue weighted by Crippen LogP contribution is -2.50. The number of aromatic nitrogens is 2. The molecule has 1 aliphatic carbocycles. The Kier molecular flexibility index (Phi) is 3.90. The maximum atomic E-state index is 13.4. The maximum absolute atomic E-state index is 13.4. The number of hydrogen-bond donors (Lipinski definition) is 1. The second kappa shape index (κ2) is 6.16. The Morgan fingerprint density at radius 2 is 2.10 bits per heavy atom. The Bertz CT molecular complexity index is 1050. The lowest BCUT2D eigenvalue weighted by atomic mass is 9.75. The van der Waals surface area contributed by atoms with Crippen LogP contribution in [-0.2, 0) is 10.3 Å². The van der Waals surface area contributed by atoms with Gasteiger partial charge in [-0.1, -0.05) is 24.4 Å². The van der Waals surface area contributed by atoms with Crippen molar-refractivity contribution in [2.45, 2.75) is 43.7 Å². The Morgan fingerprint density at radius 1 is 1.31 bits per heavy atom. The van der Waals surface area contributed by atoms with Crippen molar-refractivity contribution in [2.75, 3.05) is 7.05 Å². The molecule has 2 aromatic rings. The number of likely N-dealkylation sites (N-methyl/N-ethyl adjacent to an activating group) is 1. The van der Waals surface area contributed by atoms with Gasteiger partial charge in [-0.3, -0.25) is 19.7 Å². The first-order chi connectivity index (χ1) is 13.8.